The topological polar surface area (TPSA) is 93.8 Å². The fourth-order valence-electron chi connectivity index (χ4n) is 2.76. The molecule has 0 aromatic heterocycles. The Kier molecular flexibility index (Phi) is 6.64. The zero-order chi connectivity index (χ0) is 21.3. The second-order valence-corrected chi connectivity index (χ2v) is 9.17. The molecular weight excluding hydrogens is 573 g/mol. The molecule has 1 N–H and O–H groups in total. The minimum absolute atomic E-state index is 0.149. The summed E-state index contributed by atoms with van der Waals surface area (Å²) < 4.78 is 6.73. The molecule has 29 heavy (non-hydrogen) atoms. The molecule has 1 heterocycles. The normalized spacial score (nSPS) is 16.4. The van der Waals surface area contributed by atoms with Crippen LogP contribution in [0.3, 0.4) is 0 Å². The number of benzene rings is 2. The highest BCUT2D eigenvalue weighted by molar-refractivity contribution is 14.1. The number of methoxy groups -OCH3 is 1. The Bertz CT molecular complexity index is 1080. The lowest BCUT2D eigenvalue weighted by atomic mass is 10.1. The number of rotatable bonds is 4. The van der Waals surface area contributed by atoms with Crippen molar-refractivity contribution in [1.29, 1.82) is 0 Å². The number of aryl methyl sites for hydroxylation is 2. The lowest BCUT2D eigenvalue weighted by Crippen LogP contribution is -2.19. The van der Waals surface area contributed by atoms with Gasteiger partial charge >= 0.3 is 5.69 Å². The maximum Gasteiger partial charge on any atom is 0.312 e. The van der Waals surface area contributed by atoms with Crippen molar-refractivity contribution in [1.82, 2.24) is 5.32 Å². The smallest absolute Gasteiger partial charge is 0.312 e. The molecule has 0 bridgehead atoms. The molecule has 0 spiro atoms. The Hall–Kier alpha value is -1.92. The van der Waals surface area contributed by atoms with Crippen molar-refractivity contribution in [3.8, 4) is 5.75 Å². The number of halogens is 2. The second kappa shape index (κ2) is 8.84. The Morgan fingerprint density at radius 3 is 2.52 bits per heavy atom. The highest BCUT2D eigenvalue weighted by atomic mass is 127. The van der Waals surface area contributed by atoms with E-state index in [2.05, 4.69) is 26.2 Å². The van der Waals surface area contributed by atoms with E-state index in [4.69, 9.17) is 4.74 Å². The van der Waals surface area contributed by atoms with E-state index < -0.39 is 4.92 Å². The number of nitro benzene ring substituents is 1. The van der Waals surface area contributed by atoms with Crippen LogP contribution >= 0.6 is 50.3 Å². The molecule has 3 rings (SSSR count). The molecular formula is C19H15BrIN3O4S. The summed E-state index contributed by atoms with van der Waals surface area (Å²) in [5, 5.41) is 14.5. The van der Waals surface area contributed by atoms with E-state index >= 15 is 0 Å². The van der Waals surface area contributed by atoms with E-state index in [0.29, 0.717) is 19.2 Å². The molecule has 1 aliphatic rings. The number of carbonyl (C=O) groups excluding carboxylic acids is 1. The monoisotopic (exact) mass is 587 g/mol. The van der Waals surface area contributed by atoms with E-state index in [1.165, 1.54) is 24.9 Å². The Balaban J connectivity index is 1.93. The zero-order valence-electron chi connectivity index (χ0n) is 15.6. The van der Waals surface area contributed by atoms with Crippen LogP contribution < -0.4 is 10.1 Å². The lowest BCUT2D eigenvalue weighted by molar-refractivity contribution is -0.385. The van der Waals surface area contributed by atoms with Crippen LogP contribution in [0.1, 0.15) is 16.7 Å². The molecule has 7 nitrogen and oxygen atoms in total. The molecule has 2 aromatic rings. The molecule has 1 aliphatic heterocycles. The van der Waals surface area contributed by atoms with Crippen LogP contribution in [-0.2, 0) is 4.79 Å². The van der Waals surface area contributed by atoms with Crippen LogP contribution in [0.2, 0.25) is 0 Å². The predicted octanol–water partition coefficient (Wildman–Crippen LogP) is 5.48. The Morgan fingerprint density at radius 1 is 1.28 bits per heavy atom. The van der Waals surface area contributed by atoms with E-state index in [1.54, 1.807) is 12.1 Å². The maximum absolute atomic E-state index is 12.3. The van der Waals surface area contributed by atoms with Gasteiger partial charge in [0.1, 0.15) is 0 Å². The van der Waals surface area contributed by atoms with E-state index in [9.17, 15) is 14.9 Å². The molecule has 0 saturated carbocycles. The fourth-order valence-corrected chi connectivity index (χ4v) is 4.68. The maximum atomic E-state index is 12.3. The number of hydrogen-bond acceptors (Lipinski definition) is 6. The molecule has 0 radical (unpaired) electrons. The number of ether oxygens (including phenoxy) is 1. The average molecular weight is 588 g/mol. The minimum atomic E-state index is -0.504. The number of aliphatic imine (C=N–C) groups is 1. The van der Waals surface area contributed by atoms with Gasteiger partial charge in [0, 0.05) is 10.5 Å². The van der Waals surface area contributed by atoms with Crippen LogP contribution in [0.15, 0.2) is 38.6 Å². The van der Waals surface area contributed by atoms with Gasteiger partial charge in [-0.15, -0.1) is 0 Å². The van der Waals surface area contributed by atoms with Gasteiger partial charge in [0.25, 0.3) is 5.91 Å². The zero-order valence-corrected chi connectivity index (χ0v) is 20.1. The highest BCUT2D eigenvalue weighted by Crippen LogP contribution is 2.36. The number of nitrogens with one attached hydrogen (secondary N) is 1. The molecule has 0 atom stereocenters. The van der Waals surface area contributed by atoms with Gasteiger partial charge in [0.15, 0.2) is 5.17 Å². The van der Waals surface area contributed by atoms with Crippen LogP contribution in [-0.4, -0.2) is 23.1 Å². The van der Waals surface area contributed by atoms with Crippen LogP contribution in [0.4, 0.5) is 11.4 Å². The number of carbonyl (C=O) groups is 1. The molecule has 1 saturated heterocycles. The first-order valence-corrected chi connectivity index (χ1v) is 11.0. The summed E-state index contributed by atoms with van der Waals surface area (Å²) >= 11 is 6.68. The largest absolute Gasteiger partial charge is 0.489 e. The number of nitrogens with zero attached hydrogens (tertiary/aromatic N) is 2. The standard InChI is InChI=1S/C19H15BrIN3O4S/c1-9-4-12(5-10(2)16(9)20)22-19-23-18(25)15(29-19)8-11-6-13(21)17(28-3)14(7-11)24(26)27/h4-8H,1-3H3,(H,22,23,25)/b15-8-. The van der Waals surface area contributed by atoms with Crippen LogP contribution in [0, 0.1) is 27.5 Å². The SMILES string of the molecule is COc1c(I)cc(/C=C2\SC(=Nc3cc(C)c(Br)c(C)c3)NC2=O)cc1[N+](=O)[O-]. The van der Waals surface area contributed by atoms with Crippen molar-refractivity contribution in [2.45, 2.75) is 13.8 Å². The molecule has 1 fully saturated rings. The first-order valence-electron chi connectivity index (χ1n) is 8.28. The van der Waals surface area contributed by atoms with Gasteiger partial charge in [-0.25, -0.2) is 4.99 Å². The van der Waals surface area contributed by atoms with Crippen molar-refractivity contribution in [3.63, 3.8) is 0 Å². The number of hydrogen-bond donors (Lipinski definition) is 1. The van der Waals surface area contributed by atoms with Gasteiger partial charge < -0.3 is 10.1 Å². The lowest BCUT2D eigenvalue weighted by Gasteiger charge is -2.05. The summed E-state index contributed by atoms with van der Waals surface area (Å²) in [5.74, 6) is -0.0997. The summed E-state index contributed by atoms with van der Waals surface area (Å²) in [6.45, 7) is 3.95. The number of amidine groups is 1. The van der Waals surface area contributed by atoms with Gasteiger partial charge in [-0.05, 0) is 89.2 Å². The van der Waals surface area contributed by atoms with E-state index in [1.807, 2.05) is 48.6 Å². The summed E-state index contributed by atoms with van der Waals surface area (Å²) in [6, 6.07) is 6.96. The third kappa shape index (κ3) is 4.81. The van der Waals surface area contributed by atoms with Crippen LogP contribution in [0.5, 0.6) is 5.75 Å². The van der Waals surface area contributed by atoms with Crippen molar-refractivity contribution in [3.05, 3.63) is 64.0 Å². The van der Waals surface area contributed by atoms with E-state index in [-0.39, 0.29) is 17.3 Å². The van der Waals surface area contributed by atoms with Crippen molar-refractivity contribution < 1.29 is 14.5 Å². The van der Waals surface area contributed by atoms with E-state index in [0.717, 1.165) is 21.3 Å². The summed E-state index contributed by atoms with van der Waals surface area (Å²) in [5.41, 5.74) is 3.23. The molecule has 0 unspecified atom stereocenters. The molecule has 1 amide bonds. The Labute approximate surface area is 193 Å². The summed E-state index contributed by atoms with van der Waals surface area (Å²) in [7, 11) is 1.39. The fraction of sp³-hybridized carbons (Fsp3) is 0.158. The average Bonchev–Trinajstić information content (AvgIpc) is 2.98. The third-order valence-corrected chi connectivity index (χ3v) is 7.01. The summed E-state index contributed by atoms with van der Waals surface area (Å²) in [6.07, 6.45) is 1.61. The third-order valence-electron chi connectivity index (χ3n) is 4.05. The van der Waals surface area contributed by atoms with Crippen molar-refractivity contribution >= 4 is 78.8 Å². The molecule has 10 heteroatoms. The first-order chi connectivity index (χ1) is 13.7. The van der Waals surface area contributed by atoms with Gasteiger partial charge in [-0.1, -0.05) is 15.9 Å². The first kappa shape index (κ1) is 21.8. The van der Waals surface area contributed by atoms with Gasteiger partial charge in [-0.3, -0.25) is 14.9 Å². The second-order valence-electron chi connectivity index (χ2n) is 6.19. The van der Waals surface area contributed by atoms with Crippen molar-refractivity contribution in [2.75, 3.05) is 7.11 Å². The number of nitro groups is 1. The molecule has 150 valence electrons. The molecule has 0 aliphatic carbocycles. The van der Waals surface area contributed by atoms with Gasteiger partial charge in [-0.2, -0.15) is 0 Å². The van der Waals surface area contributed by atoms with Gasteiger partial charge in [0.05, 0.1) is 26.2 Å². The van der Waals surface area contributed by atoms with Crippen molar-refractivity contribution in [2.24, 2.45) is 4.99 Å². The number of amides is 1. The molecule has 2 aromatic carbocycles. The Morgan fingerprint density at radius 2 is 1.93 bits per heavy atom. The van der Waals surface area contributed by atoms with Crippen LogP contribution in [0.25, 0.3) is 6.08 Å². The number of thioether (sulfide) groups is 1. The quantitative estimate of drug-likeness (QED) is 0.221. The minimum Gasteiger partial charge on any atom is -0.489 e. The van der Waals surface area contributed by atoms with Gasteiger partial charge in [0.2, 0.25) is 5.75 Å². The summed E-state index contributed by atoms with van der Waals surface area (Å²) in [4.78, 5) is 28.1. The predicted molar refractivity (Wildman–Crippen MR) is 127 cm³/mol. The highest BCUT2D eigenvalue weighted by Gasteiger charge is 2.25.